The summed E-state index contributed by atoms with van der Waals surface area (Å²) in [7, 11) is 0. The predicted molar refractivity (Wildman–Crippen MR) is 64.8 cm³/mol. The van der Waals surface area contributed by atoms with Gasteiger partial charge in [-0.2, -0.15) is 0 Å². The van der Waals surface area contributed by atoms with Gasteiger partial charge in [0.1, 0.15) is 0 Å². The fourth-order valence-electron chi connectivity index (χ4n) is 2.94. The van der Waals surface area contributed by atoms with Crippen molar-refractivity contribution in [2.24, 2.45) is 11.3 Å². The van der Waals surface area contributed by atoms with Crippen LogP contribution in [0.2, 0.25) is 0 Å². The summed E-state index contributed by atoms with van der Waals surface area (Å²) >= 11 is 0. The Kier molecular flexibility index (Phi) is 2.77. The summed E-state index contributed by atoms with van der Waals surface area (Å²) in [5.41, 5.74) is 0.317. The molecule has 2 heterocycles. The Morgan fingerprint density at radius 1 is 1.29 bits per heavy atom. The first-order valence-corrected chi connectivity index (χ1v) is 6.80. The van der Waals surface area contributed by atoms with Gasteiger partial charge in [0.25, 0.3) is 0 Å². The molecule has 3 aliphatic rings. The Balaban J connectivity index is 1.64. The van der Waals surface area contributed by atoms with Crippen molar-refractivity contribution >= 4 is 6.03 Å². The molecule has 0 bridgehead atoms. The molecular weight excluding hydrogens is 216 g/mol. The standard InChI is InChI=1S/C13H22N2O2/c1-11-2-5-14(8-11)12(16)15-6-7-17-10-13(9-15)3-4-13/h11H,2-10H2,1H3. The monoisotopic (exact) mass is 238 g/mol. The SMILES string of the molecule is CC1CCN(C(=O)N2CCOCC3(CC3)C2)C1. The molecule has 3 fully saturated rings. The van der Waals surface area contributed by atoms with Crippen LogP contribution in [0.1, 0.15) is 26.2 Å². The number of ether oxygens (including phenoxy) is 1. The number of hydrogen-bond donors (Lipinski definition) is 0. The Hall–Kier alpha value is -0.770. The smallest absolute Gasteiger partial charge is 0.320 e. The molecule has 1 aliphatic carbocycles. The van der Waals surface area contributed by atoms with Crippen molar-refractivity contribution in [3.63, 3.8) is 0 Å². The summed E-state index contributed by atoms with van der Waals surface area (Å²) in [6, 6.07) is 0.242. The van der Waals surface area contributed by atoms with Crippen LogP contribution in [0.5, 0.6) is 0 Å². The molecular formula is C13H22N2O2. The van der Waals surface area contributed by atoms with Gasteiger partial charge < -0.3 is 14.5 Å². The van der Waals surface area contributed by atoms with Crippen LogP contribution >= 0.6 is 0 Å². The molecule has 3 rings (SSSR count). The van der Waals surface area contributed by atoms with Crippen LogP contribution in [0, 0.1) is 11.3 Å². The molecule has 4 nitrogen and oxygen atoms in total. The minimum Gasteiger partial charge on any atom is -0.379 e. The number of nitrogens with zero attached hydrogens (tertiary/aromatic N) is 2. The predicted octanol–water partition coefficient (Wildman–Crippen LogP) is 1.56. The minimum atomic E-state index is 0.242. The molecule has 0 radical (unpaired) electrons. The second kappa shape index (κ2) is 4.16. The highest BCUT2D eigenvalue weighted by Crippen LogP contribution is 2.47. The fourth-order valence-corrected chi connectivity index (χ4v) is 2.94. The van der Waals surface area contributed by atoms with E-state index in [1.807, 2.05) is 9.80 Å². The summed E-state index contributed by atoms with van der Waals surface area (Å²) in [5.74, 6) is 0.664. The van der Waals surface area contributed by atoms with Crippen LogP contribution in [-0.4, -0.2) is 55.2 Å². The molecule has 1 spiro atoms. The molecule has 1 unspecified atom stereocenters. The second-order valence-corrected chi connectivity index (χ2v) is 6.10. The maximum absolute atomic E-state index is 12.4. The number of carbonyl (C=O) groups excluding carboxylic acids is 1. The van der Waals surface area contributed by atoms with Crippen molar-refractivity contribution in [1.29, 1.82) is 0 Å². The number of carbonyl (C=O) groups is 1. The third kappa shape index (κ3) is 2.28. The van der Waals surface area contributed by atoms with Crippen LogP contribution in [0.15, 0.2) is 0 Å². The zero-order valence-corrected chi connectivity index (χ0v) is 10.7. The summed E-state index contributed by atoms with van der Waals surface area (Å²) in [4.78, 5) is 16.5. The van der Waals surface area contributed by atoms with Crippen molar-refractivity contribution in [2.75, 3.05) is 39.4 Å². The molecule has 1 saturated carbocycles. The Morgan fingerprint density at radius 3 is 2.76 bits per heavy atom. The van der Waals surface area contributed by atoms with Gasteiger partial charge in [0.15, 0.2) is 0 Å². The van der Waals surface area contributed by atoms with Crippen LogP contribution in [0.4, 0.5) is 4.79 Å². The lowest BCUT2D eigenvalue weighted by molar-refractivity contribution is 0.115. The average molecular weight is 238 g/mol. The van der Waals surface area contributed by atoms with E-state index in [1.165, 1.54) is 12.8 Å². The number of urea groups is 1. The Labute approximate surface area is 103 Å². The summed E-state index contributed by atoms with van der Waals surface area (Å²) in [5, 5.41) is 0. The van der Waals surface area contributed by atoms with Crippen molar-refractivity contribution in [2.45, 2.75) is 26.2 Å². The van der Waals surface area contributed by atoms with Gasteiger partial charge >= 0.3 is 6.03 Å². The van der Waals surface area contributed by atoms with E-state index in [4.69, 9.17) is 4.74 Å². The molecule has 17 heavy (non-hydrogen) atoms. The highest BCUT2D eigenvalue weighted by molar-refractivity contribution is 5.75. The molecule has 0 N–H and O–H groups in total. The first kappa shape index (κ1) is 11.3. The minimum absolute atomic E-state index is 0.242. The highest BCUT2D eigenvalue weighted by atomic mass is 16.5. The number of hydrogen-bond acceptors (Lipinski definition) is 2. The molecule has 0 aromatic heterocycles. The molecule has 2 amide bonds. The van der Waals surface area contributed by atoms with Crippen LogP contribution in [0.3, 0.4) is 0 Å². The van der Waals surface area contributed by atoms with Crippen LogP contribution in [-0.2, 0) is 4.74 Å². The average Bonchev–Trinajstić information content (AvgIpc) is 3.01. The molecule has 0 aromatic carbocycles. The largest absolute Gasteiger partial charge is 0.379 e. The van der Waals surface area contributed by atoms with Gasteiger partial charge in [-0.3, -0.25) is 0 Å². The summed E-state index contributed by atoms with van der Waals surface area (Å²) < 4.78 is 5.62. The third-order valence-corrected chi connectivity index (χ3v) is 4.36. The van der Waals surface area contributed by atoms with E-state index < -0.39 is 0 Å². The summed E-state index contributed by atoms with van der Waals surface area (Å²) in [6.45, 7) is 7.33. The van der Waals surface area contributed by atoms with E-state index in [1.54, 1.807) is 0 Å². The maximum atomic E-state index is 12.4. The molecule has 1 atom stereocenters. The Morgan fingerprint density at radius 2 is 2.12 bits per heavy atom. The topological polar surface area (TPSA) is 32.8 Å². The summed E-state index contributed by atoms with van der Waals surface area (Å²) in [6.07, 6.45) is 3.61. The third-order valence-electron chi connectivity index (χ3n) is 4.36. The van der Waals surface area contributed by atoms with E-state index >= 15 is 0 Å². The normalized spacial score (nSPS) is 31.7. The van der Waals surface area contributed by atoms with E-state index in [0.29, 0.717) is 17.9 Å². The molecule has 96 valence electrons. The van der Waals surface area contributed by atoms with Crippen molar-refractivity contribution in [3.05, 3.63) is 0 Å². The number of rotatable bonds is 0. The Bertz CT molecular complexity index is 315. The number of likely N-dealkylation sites (tertiary alicyclic amines) is 1. The van der Waals surface area contributed by atoms with Gasteiger partial charge in [-0.05, 0) is 25.2 Å². The van der Waals surface area contributed by atoms with Crippen LogP contribution < -0.4 is 0 Å². The van der Waals surface area contributed by atoms with Crippen molar-refractivity contribution in [1.82, 2.24) is 9.80 Å². The zero-order valence-electron chi connectivity index (χ0n) is 10.7. The van der Waals surface area contributed by atoms with E-state index in [-0.39, 0.29) is 6.03 Å². The van der Waals surface area contributed by atoms with E-state index in [2.05, 4.69) is 6.92 Å². The van der Waals surface area contributed by atoms with Gasteiger partial charge in [-0.1, -0.05) is 6.92 Å². The quantitative estimate of drug-likeness (QED) is 0.641. The van der Waals surface area contributed by atoms with Gasteiger partial charge in [-0.15, -0.1) is 0 Å². The first-order chi connectivity index (χ1) is 8.19. The van der Waals surface area contributed by atoms with Gasteiger partial charge in [-0.25, -0.2) is 4.79 Å². The first-order valence-electron chi connectivity index (χ1n) is 6.80. The molecule has 2 aliphatic heterocycles. The van der Waals surface area contributed by atoms with Crippen molar-refractivity contribution < 1.29 is 9.53 Å². The van der Waals surface area contributed by atoms with Crippen molar-refractivity contribution in [3.8, 4) is 0 Å². The van der Waals surface area contributed by atoms with Gasteiger partial charge in [0.05, 0.1) is 13.2 Å². The molecule has 4 heteroatoms. The maximum Gasteiger partial charge on any atom is 0.320 e. The van der Waals surface area contributed by atoms with Gasteiger partial charge in [0.2, 0.25) is 0 Å². The fraction of sp³-hybridized carbons (Fsp3) is 0.923. The van der Waals surface area contributed by atoms with E-state index in [9.17, 15) is 4.79 Å². The lowest BCUT2D eigenvalue weighted by atomic mass is 10.1. The van der Waals surface area contributed by atoms with Gasteiger partial charge in [0, 0.05) is 31.6 Å². The highest BCUT2D eigenvalue weighted by Gasteiger charge is 2.46. The lowest BCUT2D eigenvalue weighted by Crippen LogP contribution is -2.44. The van der Waals surface area contributed by atoms with E-state index in [0.717, 1.165) is 39.2 Å². The zero-order chi connectivity index (χ0) is 11.9. The lowest BCUT2D eigenvalue weighted by Gasteiger charge is -2.28. The molecule has 2 saturated heterocycles. The second-order valence-electron chi connectivity index (χ2n) is 6.10. The number of amides is 2. The van der Waals surface area contributed by atoms with Crippen LogP contribution in [0.25, 0.3) is 0 Å². The molecule has 0 aromatic rings.